The molecule has 0 aliphatic rings. The largest absolute Gasteiger partial charge is 0.393 e. The Labute approximate surface area is 89.6 Å². The van der Waals surface area contributed by atoms with Crippen molar-refractivity contribution in [2.24, 2.45) is 0 Å². The highest BCUT2D eigenvalue weighted by Gasteiger charge is 2.02. The molecule has 0 aliphatic heterocycles. The molecular formula is C13H15NO. The number of aryl methyl sites for hydroxylation is 1. The van der Waals surface area contributed by atoms with Crippen LogP contribution in [0.2, 0.25) is 0 Å². The quantitative estimate of drug-likeness (QED) is 0.827. The molecule has 1 N–H and O–H groups in total. The lowest BCUT2D eigenvalue weighted by Crippen LogP contribution is -2.01. The Morgan fingerprint density at radius 3 is 2.87 bits per heavy atom. The molecule has 2 rings (SSSR count). The minimum Gasteiger partial charge on any atom is -0.393 e. The van der Waals surface area contributed by atoms with Gasteiger partial charge in [-0.05, 0) is 37.5 Å². The molecule has 0 spiro atoms. The van der Waals surface area contributed by atoms with Gasteiger partial charge >= 0.3 is 0 Å². The van der Waals surface area contributed by atoms with Crippen molar-refractivity contribution in [2.75, 3.05) is 0 Å². The summed E-state index contributed by atoms with van der Waals surface area (Å²) < 4.78 is 0. The lowest BCUT2D eigenvalue weighted by atomic mass is 10.0. The highest BCUT2D eigenvalue weighted by atomic mass is 16.3. The highest BCUT2D eigenvalue weighted by Crippen LogP contribution is 2.17. The molecule has 0 unspecified atom stereocenters. The van der Waals surface area contributed by atoms with Crippen molar-refractivity contribution in [3.8, 4) is 0 Å². The molecule has 0 amide bonds. The monoisotopic (exact) mass is 201 g/mol. The third kappa shape index (κ3) is 2.34. The van der Waals surface area contributed by atoms with Crippen LogP contribution in [0.3, 0.4) is 0 Å². The Bertz CT molecular complexity index is 446. The van der Waals surface area contributed by atoms with Crippen molar-refractivity contribution >= 4 is 10.9 Å². The molecule has 0 saturated carbocycles. The first-order valence-corrected chi connectivity index (χ1v) is 5.28. The van der Waals surface area contributed by atoms with Gasteiger partial charge in [-0.3, -0.25) is 4.98 Å². The van der Waals surface area contributed by atoms with Gasteiger partial charge in [-0.15, -0.1) is 0 Å². The summed E-state index contributed by atoms with van der Waals surface area (Å²) in [7, 11) is 0. The Morgan fingerprint density at radius 1 is 1.27 bits per heavy atom. The molecule has 15 heavy (non-hydrogen) atoms. The van der Waals surface area contributed by atoms with E-state index in [2.05, 4.69) is 11.1 Å². The van der Waals surface area contributed by atoms with Gasteiger partial charge in [-0.2, -0.15) is 0 Å². The highest BCUT2D eigenvalue weighted by molar-refractivity contribution is 5.81. The predicted molar refractivity (Wildman–Crippen MR) is 61.7 cm³/mol. The number of hydrogen-bond acceptors (Lipinski definition) is 2. The Kier molecular flexibility index (Phi) is 2.97. The summed E-state index contributed by atoms with van der Waals surface area (Å²) in [5.74, 6) is 0. The number of rotatable bonds is 3. The minimum atomic E-state index is -0.239. The standard InChI is InChI=1S/C13H15NO/c1-10(15)6-7-11-8-9-14-13-5-3-2-4-12(11)13/h2-5,8-10,15H,6-7H2,1H3/t10-/m0/s1. The molecule has 78 valence electrons. The zero-order valence-electron chi connectivity index (χ0n) is 8.85. The molecule has 0 bridgehead atoms. The summed E-state index contributed by atoms with van der Waals surface area (Å²) >= 11 is 0. The van der Waals surface area contributed by atoms with E-state index in [0.717, 1.165) is 18.4 Å². The van der Waals surface area contributed by atoms with Crippen LogP contribution in [-0.2, 0) is 6.42 Å². The first-order valence-electron chi connectivity index (χ1n) is 5.28. The van der Waals surface area contributed by atoms with Crippen molar-refractivity contribution in [3.05, 3.63) is 42.1 Å². The van der Waals surface area contributed by atoms with Gasteiger partial charge in [0.1, 0.15) is 0 Å². The van der Waals surface area contributed by atoms with Crippen molar-refractivity contribution < 1.29 is 5.11 Å². The molecule has 0 saturated heterocycles. The molecular weight excluding hydrogens is 186 g/mol. The maximum Gasteiger partial charge on any atom is 0.0704 e. The van der Waals surface area contributed by atoms with Crippen molar-refractivity contribution in [3.63, 3.8) is 0 Å². The van der Waals surface area contributed by atoms with Crippen LogP contribution in [0.5, 0.6) is 0 Å². The number of benzene rings is 1. The Balaban J connectivity index is 2.34. The first-order chi connectivity index (χ1) is 7.27. The lowest BCUT2D eigenvalue weighted by Gasteiger charge is -2.07. The molecule has 0 aliphatic carbocycles. The molecule has 1 heterocycles. The van der Waals surface area contributed by atoms with Crippen molar-refractivity contribution in [1.82, 2.24) is 4.98 Å². The molecule has 0 fully saturated rings. The second kappa shape index (κ2) is 4.41. The van der Waals surface area contributed by atoms with Crippen LogP contribution in [0, 0.1) is 0 Å². The van der Waals surface area contributed by atoms with Crippen LogP contribution in [0.4, 0.5) is 0 Å². The van der Waals surface area contributed by atoms with E-state index in [1.54, 1.807) is 0 Å². The number of aromatic nitrogens is 1. The van der Waals surface area contributed by atoms with E-state index < -0.39 is 0 Å². The minimum absolute atomic E-state index is 0.239. The van der Waals surface area contributed by atoms with E-state index in [1.807, 2.05) is 37.4 Å². The van der Waals surface area contributed by atoms with Crippen LogP contribution in [0.25, 0.3) is 10.9 Å². The average Bonchev–Trinajstić information content (AvgIpc) is 2.26. The third-order valence-electron chi connectivity index (χ3n) is 2.57. The summed E-state index contributed by atoms with van der Waals surface area (Å²) in [6.07, 6.45) is 3.30. The van der Waals surface area contributed by atoms with Gasteiger partial charge in [-0.1, -0.05) is 18.2 Å². The molecule has 2 heteroatoms. The smallest absolute Gasteiger partial charge is 0.0704 e. The second-order valence-corrected chi connectivity index (χ2v) is 3.87. The molecule has 1 atom stereocenters. The fourth-order valence-corrected chi connectivity index (χ4v) is 1.74. The van der Waals surface area contributed by atoms with Crippen molar-refractivity contribution in [2.45, 2.75) is 25.9 Å². The van der Waals surface area contributed by atoms with Crippen LogP contribution in [-0.4, -0.2) is 16.2 Å². The first kappa shape index (κ1) is 10.1. The van der Waals surface area contributed by atoms with E-state index in [1.165, 1.54) is 10.9 Å². The van der Waals surface area contributed by atoms with Crippen LogP contribution >= 0.6 is 0 Å². The van der Waals surface area contributed by atoms with E-state index in [0.29, 0.717) is 0 Å². The maximum absolute atomic E-state index is 9.27. The Morgan fingerprint density at radius 2 is 2.07 bits per heavy atom. The number of nitrogens with zero attached hydrogens (tertiary/aromatic N) is 1. The van der Waals surface area contributed by atoms with Crippen LogP contribution < -0.4 is 0 Å². The average molecular weight is 201 g/mol. The fourth-order valence-electron chi connectivity index (χ4n) is 1.74. The lowest BCUT2D eigenvalue weighted by molar-refractivity contribution is 0.185. The molecule has 0 radical (unpaired) electrons. The molecule has 1 aromatic heterocycles. The van der Waals surface area contributed by atoms with Crippen molar-refractivity contribution in [1.29, 1.82) is 0 Å². The zero-order valence-corrected chi connectivity index (χ0v) is 8.85. The van der Waals surface area contributed by atoms with Gasteiger partial charge < -0.3 is 5.11 Å². The van der Waals surface area contributed by atoms with E-state index in [-0.39, 0.29) is 6.10 Å². The summed E-state index contributed by atoms with van der Waals surface area (Å²) in [5.41, 5.74) is 2.29. The van der Waals surface area contributed by atoms with Gasteiger partial charge in [0.2, 0.25) is 0 Å². The summed E-state index contributed by atoms with van der Waals surface area (Å²) in [5, 5.41) is 10.5. The summed E-state index contributed by atoms with van der Waals surface area (Å²) in [4.78, 5) is 4.31. The van der Waals surface area contributed by atoms with Crippen LogP contribution in [0.15, 0.2) is 36.5 Å². The molecule has 1 aromatic carbocycles. The fraction of sp³-hybridized carbons (Fsp3) is 0.308. The summed E-state index contributed by atoms with van der Waals surface area (Å²) in [6.45, 7) is 1.82. The number of hydrogen-bond donors (Lipinski definition) is 1. The normalized spacial score (nSPS) is 12.9. The van der Waals surface area contributed by atoms with E-state index in [9.17, 15) is 5.11 Å². The third-order valence-corrected chi connectivity index (χ3v) is 2.57. The zero-order chi connectivity index (χ0) is 10.7. The predicted octanol–water partition coefficient (Wildman–Crippen LogP) is 2.55. The van der Waals surface area contributed by atoms with E-state index in [4.69, 9.17) is 0 Å². The number of fused-ring (bicyclic) bond motifs is 1. The SMILES string of the molecule is C[C@H](O)CCc1ccnc2ccccc12. The van der Waals surface area contributed by atoms with Gasteiger partial charge in [0, 0.05) is 11.6 Å². The number of para-hydroxylation sites is 1. The topological polar surface area (TPSA) is 33.1 Å². The van der Waals surface area contributed by atoms with Gasteiger partial charge in [-0.25, -0.2) is 0 Å². The molecule has 2 nitrogen and oxygen atoms in total. The van der Waals surface area contributed by atoms with Crippen LogP contribution in [0.1, 0.15) is 18.9 Å². The number of aliphatic hydroxyl groups is 1. The summed E-state index contributed by atoms with van der Waals surface area (Å²) in [6, 6.07) is 10.1. The molecule has 2 aromatic rings. The van der Waals surface area contributed by atoms with E-state index >= 15 is 0 Å². The van der Waals surface area contributed by atoms with Gasteiger partial charge in [0.05, 0.1) is 11.6 Å². The number of aliphatic hydroxyl groups excluding tert-OH is 1. The van der Waals surface area contributed by atoms with Gasteiger partial charge in [0.15, 0.2) is 0 Å². The maximum atomic E-state index is 9.27. The second-order valence-electron chi connectivity index (χ2n) is 3.87. The number of pyridine rings is 1. The van der Waals surface area contributed by atoms with Gasteiger partial charge in [0.25, 0.3) is 0 Å². The Hall–Kier alpha value is -1.41.